The van der Waals surface area contributed by atoms with Crippen LogP contribution in [0.25, 0.3) is 11.0 Å². The van der Waals surface area contributed by atoms with Gasteiger partial charge in [-0.25, -0.2) is 4.98 Å². The number of aromatic nitrogens is 2. The zero-order valence-electron chi connectivity index (χ0n) is 12.2. The molecule has 104 valence electrons. The second-order valence-electron chi connectivity index (χ2n) is 5.82. The van der Waals surface area contributed by atoms with E-state index in [9.17, 15) is 0 Å². The Bertz CT molecular complexity index is 528. The molecule has 0 aliphatic carbocycles. The first kappa shape index (κ1) is 14.1. The molecule has 3 N–H and O–H groups in total. The summed E-state index contributed by atoms with van der Waals surface area (Å²) in [6.07, 6.45) is 3.17. The molecule has 2 rings (SSSR count). The number of imidazole rings is 1. The number of nitrogens with zero attached hydrogens (tertiary/aromatic N) is 1. The standard InChI is InChI=1S/C16H25N3/c1-4-12-5-6-14-15(8-12)19-16(18-14)9-13(10-17)7-11(2)3/h5-6,8,11,13H,4,7,9-10,17H2,1-3H3,(H,18,19). The van der Waals surface area contributed by atoms with Crippen LogP contribution in [0.3, 0.4) is 0 Å². The molecule has 0 aliphatic rings. The molecule has 1 heterocycles. The molecule has 0 bridgehead atoms. The highest BCUT2D eigenvalue weighted by molar-refractivity contribution is 5.75. The third-order valence-corrected chi connectivity index (χ3v) is 3.62. The zero-order valence-corrected chi connectivity index (χ0v) is 12.2. The van der Waals surface area contributed by atoms with Crippen LogP contribution in [-0.4, -0.2) is 16.5 Å². The monoisotopic (exact) mass is 259 g/mol. The summed E-state index contributed by atoms with van der Waals surface area (Å²) in [6.45, 7) is 7.39. The molecule has 0 saturated carbocycles. The van der Waals surface area contributed by atoms with Gasteiger partial charge in [-0.1, -0.05) is 26.8 Å². The van der Waals surface area contributed by atoms with Gasteiger partial charge >= 0.3 is 0 Å². The summed E-state index contributed by atoms with van der Waals surface area (Å²) in [5.41, 5.74) is 9.42. The van der Waals surface area contributed by atoms with Gasteiger partial charge in [-0.3, -0.25) is 0 Å². The maximum atomic E-state index is 5.87. The van der Waals surface area contributed by atoms with Crippen molar-refractivity contribution in [1.29, 1.82) is 0 Å². The predicted molar refractivity (Wildman–Crippen MR) is 81.2 cm³/mol. The van der Waals surface area contributed by atoms with Gasteiger partial charge in [-0.15, -0.1) is 0 Å². The molecule has 1 aromatic heterocycles. The van der Waals surface area contributed by atoms with Crippen LogP contribution in [0, 0.1) is 11.8 Å². The molecule has 1 aromatic carbocycles. The molecule has 1 unspecified atom stereocenters. The molecular weight excluding hydrogens is 234 g/mol. The van der Waals surface area contributed by atoms with E-state index < -0.39 is 0 Å². The van der Waals surface area contributed by atoms with Gasteiger partial charge in [0.15, 0.2) is 0 Å². The third-order valence-electron chi connectivity index (χ3n) is 3.62. The lowest BCUT2D eigenvalue weighted by Crippen LogP contribution is -2.19. The lowest BCUT2D eigenvalue weighted by molar-refractivity contribution is 0.410. The first-order valence-electron chi connectivity index (χ1n) is 7.30. The Morgan fingerprint density at radius 3 is 2.74 bits per heavy atom. The van der Waals surface area contributed by atoms with Crippen LogP contribution < -0.4 is 5.73 Å². The summed E-state index contributed by atoms with van der Waals surface area (Å²) >= 11 is 0. The average molecular weight is 259 g/mol. The largest absolute Gasteiger partial charge is 0.342 e. The van der Waals surface area contributed by atoms with Crippen LogP contribution in [-0.2, 0) is 12.8 Å². The Labute approximate surface area is 115 Å². The minimum Gasteiger partial charge on any atom is -0.342 e. The van der Waals surface area contributed by atoms with Crippen molar-refractivity contribution >= 4 is 11.0 Å². The maximum absolute atomic E-state index is 5.87. The van der Waals surface area contributed by atoms with Crippen molar-refractivity contribution in [3.05, 3.63) is 29.6 Å². The number of hydrogen-bond acceptors (Lipinski definition) is 2. The molecule has 0 radical (unpaired) electrons. The normalized spacial score (nSPS) is 13.3. The van der Waals surface area contributed by atoms with Crippen LogP contribution in [0.2, 0.25) is 0 Å². The van der Waals surface area contributed by atoms with Crippen LogP contribution >= 0.6 is 0 Å². The van der Waals surface area contributed by atoms with Crippen LogP contribution in [0.1, 0.15) is 38.6 Å². The third kappa shape index (κ3) is 3.57. The number of rotatable bonds is 6. The Kier molecular flexibility index (Phi) is 4.59. The van der Waals surface area contributed by atoms with Crippen LogP contribution in [0.4, 0.5) is 0 Å². The van der Waals surface area contributed by atoms with Gasteiger partial charge in [0.1, 0.15) is 5.82 Å². The molecule has 19 heavy (non-hydrogen) atoms. The van der Waals surface area contributed by atoms with Gasteiger partial charge in [0.2, 0.25) is 0 Å². The smallest absolute Gasteiger partial charge is 0.107 e. The van der Waals surface area contributed by atoms with Gasteiger partial charge in [0, 0.05) is 6.42 Å². The fourth-order valence-electron chi connectivity index (χ4n) is 2.63. The van der Waals surface area contributed by atoms with E-state index in [1.54, 1.807) is 0 Å². The highest BCUT2D eigenvalue weighted by Gasteiger charge is 2.13. The van der Waals surface area contributed by atoms with Crippen LogP contribution in [0.15, 0.2) is 18.2 Å². The van der Waals surface area contributed by atoms with Crippen molar-refractivity contribution in [2.45, 2.75) is 40.0 Å². The number of H-pyrrole nitrogens is 1. The lowest BCUT2D eigenvalue weighted by Gasteiger charge is -2.15. The number of aryl methyl sites for hydroxylation is 1. The number of hydrogen-bond donors (Lipinski definition) is 2. The quantitative estimate of drug-likeness (QED) is 0.836. The van der Waals surface area contributed by atoms with Crippen molar-refractivity contribution in [3.8, 4) is 0 Å². The summed E-state index contributed by atoms with van der Waals surface area (Å²) in [5.74, 6) is 2.27. The molecule has 0 amide bonds. The second-order valence-corrected chi connectivity index (χ2v) is 5.82. The predicted octanol–water partition coefficient (Wildman–Crippen LogP) is 3.29. The van der Waals surface area contributed by atoms with E-state index in [0.717, 1.165) is 42.7 Å². The number of benzene rings is 1. The van der Waals surface area contributed by atoms with Crippen molar-refractivity contribution < 1.29 is 0 Å². The first-order chi connectivity index (χ1) is 9.12. The lowest BCUT2D eigenvalue weighted by atomic mass is 9.94. The molecule has 0 saturated heterocycles. The van der Waals surface area contributed by atoms with Crippen LogP contribution in [0.5, 0.6) is 0 Å². The minimum absolute atomic E-state index is 0.520. The fraction of sp³-hybridized carbons (Fsp3) is 0.562. The second kappa shape index (κ2) is 6.20. The summed E-state index contributed by atoms with van der Waals surface area (Å²) in [6, 6.07) is 6.46. The molecule has 1 atom stereocenters. The summed E-state index contributed by atoms with van der Waals surface area (Å²) in [5, 5.41) is 0. The van der Waals surface area contributed by atoms with E-state index in [0.29, 0.717) is 11.8 Å². The van der Waals surface area contributed by atoms with Gasteiger partial charge in [-0.2, -0.15) is 0 Å². The summed E-state index contributed by atoms with van der Waals surface area (Å²) in [7, 11) is 0. The summed E-state index contributed by atoms with van der Waals surface area (Å²) in [4.78, 5) is 8.11. The number of nitrogens with two attached hydrogens (primary N) is 1. The highest BCUT2D eigenvalue weighted by atomic mass is 14.9. The Hall–Kier alpha value is -1.35. The number of aromatic amines is 1. The van der Waals surface area contributed by atoms with E-state index in [1.807, 2.05) is 0 Å². The molecule has 0 fully saturated rings. The summed E-state index contributed by atoms with van der Waals surface area (Å²) < 4.78 is 0. The maximum Gasteiger partial charge on any atom is 0.107 e. The first-order valence-corrected chi connectivity index (χ1v) is 7.30. The van der Waals surface area contributed by atoms with Gasteiger partial charge in [0.25, 0.3) is 0 Å². The van der Waals surface area contributed by atoms with Gasteiger partial charge < -0.3 is 10.7 Å². The minimum atomic E-state index is 0.520. The van der Waals surface area contributed by atoms with Crippen molar-refractivity contribution in [3.63, 3.8) is 0 Å². The zero-order chi connectivity index (χ0) is 13.8. The van der Waals surface area contributed by atoms with E-state index in [-0.39, 0.29) is 0 Å². The van der Waals surface area contributed by atoms with Gasteiger partial charge in [0.05, 0.1) is 11.0 Å². The number of nitrogens with one attached hydrogen (secondary N) is 1. The Balaban J connectivity index is 2.16. The Morgan fingerprint density at radius 1 is 1.32 bits per heavy atom. The van der Waals surface area contributed by atoms with E-state index in [2.05, 4.69) is 48.9 Å². The molecule has 3 heteroatoms. The van der Waals surface area contributed by atoms with E-state index >= 15 is 0 Å². The SMILES string of the molecule is CCc1ccc2nc(CC(CN)CC(C)C)[nH]c2c1. The van der Waals surface area contributed by atoms with Crippen molar-refractivity contribution in [2.24, 2.45) is 17.6 Å². The topological polar surface area (TPSA) is 54.7 Å². The Morgan fingerprint density at radius 2 is 2.11 bits per heavy atom. The van der Waals surface area contributed by atoms with Crippen molar-refractivity contribution in [1.82, 2.24) is 9.97 Å². The average Bonchev–Trinajstić information content (AvgIpc) is 2.78. The van der Waals surface area contributed by atoms with Crippen molar-refractivity contribution in [2.75, 3.05) is 6.54 Å². The molecule has 0 spiro atoms. The molecule has 2 aromatic rings. The van der Waals surface area contributed by atoms with Gasteiger partial charge in [-0.05, 0) is 48.9 Å². The number of fused-ring (bicyclic) bond motifs is 1. The molecule has 0 aliphatic heterocycles. The van der Waals surface area contributed by atoms with E-state index in [4.69, 9.17) is 5.73 Å². The molecule has 3 nitrogen and oxygen atoms in total. The highest BCUT2D eigenvalue weighted by Crippen LogP contribution is 2.19. The fourth-order valence-corrected chi connectivity index (χ4v) is 2.63. The molecular formula is C16H25N3. The van der Waals surface area contributed by atoms with E-state index in [1.165, 1.54) is 5.56 Å².